The average Bonchev–Trinajstić information content (AvgIpc) is 4.17. The molecule has 1 aliphatic carbocycles. The Morgan fingerprint density at radius 3 is 1.72 bits per heavy atom. The van der Waals surface area contributed by atoms with Gasteiger partial charge in [0.05, 0.1) is 49.3 Å². The first-order valence-electron chi connectivity index (χ1n) is 22.1. The number of fused-ring (bicyclic) bond motifs is 2. The standard InChI is InChI=1S/C40H54N20O5/c1-5-60-54-34(53-55-60)31-29(62)30(63)38(65-31)59-20-46-28-33(50-40(52-36(28)59)42-13-11-25-16-57(4)18-44-25)48-23-8-6-22(7-9-23)47-32-27-35(58(19-45-27)37-26(61)14-21(2)64-37)51-39(49-32)41-12-10-24-15-56(3)17-43-24/h15-23,26,29-31,37-38,61-63H,5-14H2,1-4H3,(H2,41,47,49,51)(H2,42,48,50,52)/t21?,22?,23?,26?,29-,30+,31-,37?,38+/m0/s1. The molecule has 7 atom stereocenters. The molecule has 0 radical (unpaired) electrons. The van der Waals surface area contributed by atoms with Gasteiger partial charge >= 0.3 is 0 Å². The summed E-state index contributed by atoms with van der Waals surface area (Å²) in [4.78, 5) is 39.2. The van der Waals surface area contributed by atoms with E-state index < -0.39 is 36.9 Å². The third kappa shape index (κ3) is 8.75. The van der Waals surface area contributed by atoms with Crippen LogP contribution in [0.3, 0.4) is 0 Å². The predicted molar refractivity (Wildman–Crippen MR) is 233 cm³/mol. The molecule has 9 heterocycles. The maximum Gasteiger partial charge on any atom is 0.226 e. The maximum absolute atomic E-state index is 11.3. The van der Waals surface area contributed by atoms with Crippen LogP contribution < -0.4 is 21.3 Å². The third-order valence-corrected chi connectivity index (χ3v) is 12.2. The van der Waals surface area contributed by atoms with Gasteiger partial charge in [0.15, 0.2) is 52.5 Å². The number of rotatable bonds is 16. The molecule has 25 nitrogen and oxygen atoms in total. The summed E-state index contributed by atoms with van der Waals surface area (Å²) in [5.74, 6) is 2.09. The number of ether oxygens (including phenoxy) is 2. The Balaban J connectivity index is 0.866. The van der Waals surface area contributed by atoms with Gasteiger partial charge in [0, 0.05) is 70.9 Å². The van der Waals surface area contributed by atoms with Crippen molar-refractivity contribution in [1.29, 1.82) is 0 Å². The van der Waals surface area contributed by atoms with Crippen LogP contribution in [0, 0.1) is 0 Å². The Morgan fingerprint density at radius 2 is 1.25 bits per heavy atom. The van der Waals surface area contributed by atoms with Gasteiger partial charge in [0.2, 0.25) is 17.7 Å². The van der Waals surface area contributed by atoms with E-state index in [2.05, 4.69) is 46.6 Å². The van der Waals surface area contributed by atoms with Crippen LogP contribution in [-0.4, -0.2) is 143 Å². The van der Waals surface area contributed by atoms with Crippen molar-refractivity contribution in [3.63, 3.8) is 0 Å². The van der Waals surface area contributed by atoms with E-state index >= 15 is 0 Å². The number of hydrogen-bond acceptors (Lipinski definition) is 20. The molecule has 0 amide bonds. The van der Waals surface area contributed by atoms with Crippen molar-refractivity contribution in [3.8, 4) is 0 Å². The highest BCUT2D eigenvalue weighted by Gasteiger charge is 2.47. The molecule has 3 fully saturated rings. The Labute approximate surface area is 372 Å². The normalized spacial score (nSPS) is 25.8. The highest BCUT2D eigenvalue weighted by atomic mass is 16.6. The van der Waals surface area contributed by atoms with Crippen LogP contribution in [-0.2, 0) is 43.0 Å². The second kappa shape index (κ2) is 17.9. The molecular weight excluding hydrogens is 841 g/mol. The van der Waals surface area contributed by atoms with E-state index in [1.807, 2.05) is 49.5 Å². The van der Waals surface area contributed by atoms with E-state index in [0.29, 0.717) is 84.8 Å². The van der Waals surface area contributed by atoms with Gasteiger partial charge in [-0.25, -0.2) is 19.9 Å². The van der Waals surface area contributed by atoms with Crippen LogP contribution in [0.4, 0.5) is 23.5 Å². The fourth-order valence-electron chi connectivity index (χ4n) is 8.83. The fourth-order valence-corrected chi connectivity index (χ4v) is 8.83. The minimum Gasteiger partial charge on any atom is -0.388 e. The van der Waals surface area contributed by atoms with Gasteiger partial charge in [0.1, 0.15) is 18.3 Å². The van der Waals surface area contributed by atoms with Crippen LogP contribution in [0.2, 0.25) is 0 Å². The molecule has 0 spiro atoms. The van der Waals surface area contributed by atoms with Crippen LogP contribution in [0.15, 0.2) is 37.7 Å². The summed E-state index contributed by atoms with van der Waals surface area (Å²) in [5.41, 5.74) is 3.93. The zero-order chi connectivity index (χ0) is 44.8. The summed E-state index contributed by atoms with van der Waals surface area (Å²) in [7, 11) is 3.87. The van der Waals surface area contributed by atoms with Crippen molar-refractivity contribution >= 4 is 45.9 Å². The van der Waals surface area contributed by atoms with Crippen molar-refractivity contribution in [1.82, 2.24) is 78.3 Å². The van der Waals surface area contributed by atoms with Crippen LogP contribution in [0.5, 0.6) is 0 Å². The smallest absolute Gasteiger partial charge is 0.226 e. The number of aliphatic hydroxyl groups excluding tert-OH is 3. The topological polar surface area (TPSA) is 294 Å². The van der Waals surface area contributed by atoms with E-state index in [1.54, 1.807) is 28.1 Å². The van der Waals surface area contributed by atoms with Crippen LogP contribution in [0.1, 0.15) is 81.7 Å². The van der Waals surface area contributed by atoms with Gasteiger partial charge in [-0.15, -0.1) is 10.2 Å². The first kappa shape index (κ1) is 42.5. The molecule has 7 aromatic rings. The molecule has 2 saturated heterocycles. The minimum atomic E-state index is -1.34. The van der Waals surface area contributed by atoms with Gasteiger partial charge < -0.3 is 55.2 Å². The van der Waals surface area contributed by atoms with Crippen molar-refractivity contribution < 1.29 is 24.8 Å². The summed E-state index contributed by atoms with van der Waals surface area (Å²) in [6.45, 7) is 5.39. The van der Waals surface area contributed by atoms with Gasteiger partial charge in [0.25, 0.3) is 0 Å². The lowest BCUT2D eigenvalue weighted by Gasteiger charge is -2.30. The minimum absolute atomic E-state index is 0.0425. The van der Waals surface area contributed by atoms with E-state index in [0.717, 1.165) is 37.1 Å². The molecule has 65 heavy (non-hydrogen) atoms. The SMILES string of the molecule is CCn1nnc([C@H]2O[C@@H](n3cnc4c(NC5CCC(Nc6nc(NCCc7cn(C)cn7)nc7c6ncn7C6OC(C)CC6O)CC5)nc(NCCc5cn(C)cn5)nc43)[C@H](O)[C@@H]2O)n1. The number of aryl methyl sites for hydroxylation is 3. The molecule has 25 heteroatoms. The molecule has 0 aromatic carbocycles. The number of hydrogen-bond donors (Lipinski definition) is 7. The molecule has 0 bridgehead atoms. The molecule has 3 unspecified atom stereocenters. The number of aliphatic hydroxyl groups is 3. The molecule has 1 saturated carbocycles. The molecule has 2 aliphatic heterocycles. The monoisotopic (exact) mass is 894 g/mol. The Kier molecular flexibility index (Phi) is 11.7. The van der Waals surface area contributed by atoms with Gasteiger partial charge in [-0.2, -0.15) is 24.7 Å². The highest BCUT2D eigenvalue weighted by molar-refractivity contribution is 5.85. The Morgan fingerprint density at radius 1 is 0.692 bits per heavy atom. The first-order chi connectivity index (χ1) is 31.6. The zero-order valence-corrected chi connectivity index (χ0v) is 36.5. The third-order valence-electron chi connectivity index (χ3n) is 12.2. The zero-order valence-electron chi connectivity index (χ0n) is 36.5. The summed E-state index contributed by atoms with van der Waals surface area (Å²) in [6, 6.07) is 0.120. The predicted octanol–water partition coefficient (Wildman–Crippen LogP) is 1.24. The molecule has 7 aromatic heterocycles. The van der Waals surface area contributed by atoms with Crippen molar-refractivity contribution in [2.24, 2.45) is 14.1 Å². The van der Waals surface area contributed by atoms with Gasteiger partial charge in [-0.05, 0) is 44.7 Å². The number of nitrogens with zero attached hydrogens (tertiary/aromatic N) is 16. The summed E-state index contributed by atoms with van der Waals surface area (Å²) in [6.07, 6.45) is 9.63. The van der Waals surface area contributed by atoms with E-state index in [-0.39, 0.29) is 24.0 Å². The summed E-state index contributed by atoms with van der Waals surface area (Å²) < 4.78 is 19.5. The van der Waals surface area contributed by atoms with E-state index in [1.165, 1.54) is 11.1 Å². The lowest BCUT2D eigenvalue weighted by molar-refractivity contribution is -0.0384. The number of anilines is 4. The Hall–Kier alpha value is -6.41. The fraction of sp³-hybridized carbons (Fsp3) is 0.575. The summed E-state index contributed by atoms with van der Waals surface area (Å²) >= 11 is 0. The number of imidazole rings is 4. The maximum atomic E-state index is 11.3. The largest absolute Gasteiger partial charge is 0.388 e. The molecular formula is C40H54N20O5. The quantitative estimate of drug-likeness (QED) is 0.0718. The van der Waals surface area contributed by atoms with Crippen LogP contribution >= 0.6 is 0 Å². The van der Waals surface area contributed by atoms with Crippen molar-refractivity contribution in [2.45, 2.75) is 120 Å². The van der Waals surface area contributed by atoms with E-state index in [9.17, 15) is 15.3 Å². The lowest BCUT2D eigenvalue weighted by atomic mass is 9.91. The molecule has 3 aliphatic rings. The highest BCUT2D eigenvalue weighted by Crippen LogP contribution is 2.40. The van der Waals surface area contributed by atoms with Crippen molar-refractivity contribution in [2.75, 3.05) is 34.4 Å². The molecule has 7 N–H and O–H groups in total. The van der Waals surface area contributed by atoms with Gasteiger partial charge in [-0.3, -0.25) is 9.13 Å². The van der Waals surface area contributed by atoms with Crippen LogP contribution in [0.25, 0.3) is 22.3 Å². The Bertz CT molecular complexity index is 2740. The van der Waals surface area contributed by atoms with Crippen molar-refractivity contribution in [3.05, 3.63) is 54.9 Å². The first-order valence-corrected chi connectivity index (χ1v) is 22.1. The summed E-state index contributed by atoms with van der Waals surface area (Å²) in [5, 5.41) is 59.6. The van der Waals surface area contributed by atoms with E-state index in [4.69, 9.17) is 39.4 Å². The number of aromatic nitrogens is 16. The lowest BCUT2D eigenvalue weighted by Crippen LogP contribution is -2.33. The second-order valence-electron chi connectivity index (χ2n) is 17.1. The number of nitrogens with one attached hydrogen (secondary N) is 4. The number of tetrazole rings is 1. The second-order valence-corrected chi connectivity index (χ2v) is 17.1. The average molecular weight is 895 g/mol. The molecule has 344 valence electrons. The molecule has 10 rings (SSSR count). The van der Waals surface area contributed by atoms with Gasteiger partial charge in [-0.1, -0.05) is 0 Å².